The second-order valence-corrected chi connectivity index (χ2v) is 11.2. The van der Waals surface area contributed by atoms with Crippen LogP contribution in [-0.4, -0.2) is 4.98 Å². The Kier molecular flexibility index (Phi) is 14.9. The van der Waals surface area contributed by atoms with Gasteiger partial charge in [0, 0.05) is 5.92 Å². The first kappa shape index (κ1) is 29.2. The molecule has 1 heterocycles. The van der Waals surface area contributed by atoms with E-state index in [4.69, 9.17) is 0 Å². The molecule has 0 spiro atoms. The van der Waals surface area contributed by atoms with E-state index in [2.05, 4.69) is 95.9 Å². The lowest BCUT2D eigenvalue weighted by Gasteiger charge is -2.25. The molecule has 2 aromatic carbocycles. The highest BCUT2D eigenvalue weighted by atomic mass is 15.1. The van der Waals surface area contributed by atoms with E-state index in [-0.39, 0.29) is 0 Å². The lowest BCUT2D eigenvalue weighted by atomic mass is 9.84. The number of unbranched alkanes of at least 4 members (excludes halogenated alkanes) is 13. The van der Waals surface area contributed by atoms with E-state index in [9.17, 15) is 0 Å². The van der Waals surface area contributed by atoms with Crippen LogP contribution in [0.5, 0.6) is 0 Å². The summed E-state index contributed by atoms with van der Waals surface area (Å²) in [6.07, 6.45) is 29.8. The minimum absolute atomic E-state index is 0.518. The fourth-order valence-electron chi connectivity index (χ4n) is 5.86. The summed E-state index contributed by atoms with van der Waals surface area (Å²) in [7, 11) is 0. The molecule has 37 heavy (non-hydrogen) atoms. The highest BCUT2D eigenvalue weighted by Gasteiger charge is 2.27. The minimum atomic E-state index is 0.518. The Hall–Kier alpha value is -2.35. The van der Waals surface area contributed by atoms with Crippen LogP contribution in [0.3, 0.4) is 0 Å². The highest BCUT2D eigenvalue weighted by molar-refractivity contribution is 5.19. The first-order chi connectivity index (χ1) is 18.4. The third kappa shape index (κ3) is 12.2. The van der Waals surface area contributed by atoms with Gasteiger partial charge in [0.1, 0.15) is 18.4 Å². The van der Waals surface area contributed by atoms with Crippen molar-refractivity contribution in [1.82, 2.24) is 4.98 Å². The van der Waals surface area contributed by atoms with Crippen LogP contribution >= 0.6 is 0 Å². The maximum atomic E-state index is 3.31. The van der Waals surface area contributed by atoms with E-state index in [1.54, 1.807) is 0 Å². The fraction of sp³-hybridized carbons (Fsp3) is 0.571. The summed E-state index contributed by atoms with van der Waals surface area (Å²) in [5, 5.41) is 0. The van der Waals surface area contributed by atoms with Crippen LogP contribution in [0.4, 0.5) is 0 Å². The van der Waals surface area contributed by atoms with Gasteiger partial charge in [-0.1, -0.05) is 151 Å². The molecule has 1 aromatic heterocycles. The van der Waals surface area contributed by atoms with Crippen LogP contribution in [0, 0.1) is 5.92 Å². The summed E-state index contributed by atoms with van der Waals surface area (Å²) in [6, 6.07) is 22.7. The average molecular weight is 502 g/mol. The molecule has 202 valence electrons. The molecule has 0 bridgehead atoms. The molecule has 1 atom stereocenters. The van der Waals surface area contributed by atoms with E-state index in [0.29, 0.717) is 12.0 Å². The molecule has 0 aliphatic carbocycles. The zero-order valence-corrected chi connectivity index (χ0v) is 23.6. The Morgan fingerprint density at radius 3 is 1.49 bits per heavy atom. The lowest BCUT2D eigenvalue weighted by Crippen LogP contribution is -2.43. The van der Waals surface area contributed by atoms with E-state index in [1.807, 2.05) is 0 Å². The van der Waals surface area contributed by atoms with Gasteiger partial charge in [0.25, 0.3) is 0 Å². The normalized spacial score (nSPS) is 12.3. The first-order valence-electron chi connectivity index (χ1n) is 15.5. The molecule has 3 rings (SSSR count). The SMILES string of the molecule is CCCCCCCCCCCCCCCCC(C(Cc1ccccc1)Cc1ccccc1)[n+]1cc[nH]c1. The number of hydrogen-bond acceptors (Lipinski definition) is 0. The molecule has 2 nitrogen and oxygen atoms in total. The number of H-pyrrole nitrogens is 1. The van der Waals surface area contributed by atoms with E-state index in [0.717, 1.165) is 12.8 Å². The van der Waals surface area contributed by atoms with Gasteiger partial charge in [-0.15, -0.1) is 0 Å². The van der Waals surface area contributed by atoms with Gasteiger partial charge in [-0.25, -0.2) is 4.57 Å². The molecule has 1 N–H and O–H groups in total. The Bertz CT molecular complexity index is 846. The van der Waals surface area contributed by atoms with E-state index < -0.39 is 0 Å². The Labute approximate surface area is 227 Å². The molecule has 0 amide bonds. The number of aromatic amines is 1. The molecule has 0 aliphatic rings. The van der Waals surface area contributed by atoms with E-state index >= 15 is 0 Å². The summed E-state index contributed by atoms with van der Waals surface area (Å²) >= 11 is 0. The fourth-order valence-corrected chi connectivity index (χ4v) is 5.86. The van der Waals surface area contributed by atoms with Crippen LogP contribution < -0.4 is 4.57 Å². The van der Waals surface area contributed by atoms with Crippen molar-refractivity contribution in [3.8, 4) is 0 Å². The van der Waals surface area contributed by atoms with Crippen molar-refractivity contribution in [3.05, 3.63) is 90.5 Å². The van der Waals surface area contributed by atoms with Gasteiger partial charge in [0.05, 0.1) is 0 Å². The number of nitrogens with one attached hydrogen (secondary N) is 1. The van der Waals surface area contributed by atoms with Gasteiger partial charge < -0.3 is 0 Å². The Morgan fingerprint density at radius 1 is 0.595 bits per heavy atom. The van der Waals surface area contributed by atoms with Crippen molar-refractivity contribution in [2.24, 2.45) is 5.92 Å². The van der Waals surface area contributed by atoms with Crippen molar-refractivity contribution < 1.29 is 4.57 Å². The van der Waals surface area contributed by atoms with Crippen LogP contribution in [0.15, 0.2) is 79.4 Å². The van der Waals surface area contributed by atoms with Gasteiger partial charge in [0.15, 0.2) is 0 Å². The molecule has 1 unspecified atom stereocenters. The average Bonchev–Trinajstić information content (AvgIpc) is 3.46. The topological polar surface area (TPSA) is 19.7 Å². The zero-order chi connectivity index (χ0) is 25.8. The third-order valence-corrected chi connectivity index (χ3v) is 8.03. The predicted octanol–water partition coefficient (Wildman–Crippen LogP) is 9.82. The molecule has 0 radical (unpaired) electrons. The molecule has 0 saturated heterocycles. The molecule has 0 aliphatic heterocycles. The molecule has 3 aromatic rings. The Balaban J connectivity index is 1.41. The minimum Gasteiger partial charge on any atom is -0.250 e. The smallest absolute Gasteiger partial charge is 0.241 e. The number of imidazole rings is 1. The summed E-state index contributed by atoms with van der Waals surface area (Å²) in [4.78, 5) is 3.31. The van der Waals surface area contributed by atoms with Crippen molar-refractivity contribution in [2.75, 3.05) is 0 Å². The monoisotopic (exact) mass is 501 g/mol. The van der Waals surface area contributed by atoms with Crippen molar-refractivity contribution in [3.63, 3.8) is 0 Å². The van der Waals surface area contributed by atoms with Gasteiger partial charge in [-0.3, -0.25) is 4.98 Å². The maximum absolute atomic E-state index is 3.31. The summed E-state index contributed by atoms with van der Waals surface area (Å²) in [5.74, 6) is 0.576. The number of benzene rings is 2. The van der Waals surface area contributed by atoms with E-state index in [1.165, 1.54) is 107 Å². The third-order valence-electron chi connectivity index (χ3n) is 8.03. The van der Waals surface area contributed by atoms with Gasteiger partial charge >= 0.3 is 0 Å². The molecular weight excluding hydrogens is 448 g/mol. The number of nitrogens with zero attached hydrogens (tertiary/aromatic N) is 1. The Morgan fingerprint density at radius 2 is 1.05 bits per heavy atom. The van der Waals surface area contributed by atoms with Crippen LogP contribution in [0.25, 0.3) is 0 Å². The first-order valence-corrected chi connectivity index (χ1v) is 15.5. The molecule has 2 heteroatoms. The van der Waals surface area contributed by atoms with Crippen molar-refractivity contribution in [1.29, 1.82) is 0 Å². The van der Waals surface area contributed by atoms with Crippen LogP contribution in [-0.2, 0) is 12.8 Å². The molecule has 0 saturated carbocycles. The summed E-state index contributed by atoms with van der Waals surface area (Å²) < 4.78 is 2.44. The predicted molar refractivity (Wildman–Crippen MR) is 159 cm³/mol. The molecule has 0 fully saturated rings. The number of rotatable bonds is 21. The lowest BCUT2D eigenvalue weighted by molar-refractivity contribution is -0.729. The highest BCUT2D eigenvalue weighted by Crippen LogP contribution is 2.27. The second-order valence-electron chi connectivity index (χ2n) is 11.2. The maximum Gasteiger partial charge on any atom is 0.241 e. The van der Waals surface area contributed by atoms with Gasteiger partial charge in [-0.2, -0.15) is 0 Å². The summed E-state index contributed by atoms with van der Waals surface area (Å²) in [5.41, 5.74) is 2.90. The van der Waals surface area contributed by atoms with Gasteiger partial charge in [-0.05, 0) is 36.8 Å². The quantitative estimate of drug-likeness (QED) is 0.111. The second kappa shape index (κ2) is 18.8. The van der Waals surface area contributed by atoms with Crippen molar-refractivity contribution >= 4 is 0 Å². The van der Waals surface area contributed by atoms with Gasteiger partial charge in [0.2, 0.25) is 6.33 Å². The van der Waals surface area contributed by atoms with Crippen LogP contribution in [0.2, 0.25) is 0 Å². The summed E-state index contributed by atoms with van der Waals surface area (Å²) in [6.45, 7) is 2.30. The number of hydrogen-bond donors (Lipinski definition) is 1. The molecular formula is C35H53N2+. The number of aromatic nitrogens is 2. The standard InChI is InChI=1S/C35H52N2/c1-2-3-4-5-6-7-8-9-10-11-12-13-14-21-26-35(37-28-27-36-31-37)34(29-32-22-17-15-18-23-32)30-33-24-19-16-20-25-33/h15-20,22-25,27-28,31,34-35H,2-14,21,26,29-30H2,1H3/p+1. The van der Waals surface area contributed by atoms with Crippen molar-refractivity contribution in [2.45, 2.75) is 122 Å². The zero-order valence-electron chi connectivity index (χ0n) is 23.6. The van der Waals surface area contributed by atoms with Crippen LogP contribution in [0.1, 0.15) is 120 Å². The largest absolute Gasteiger partial charge is 0.250 e.